The maximum absolute atomic E-state index is 12.0. The first-order chi connectivity index (χ1) is 10.0. The van der Waals surface area contributed by atoms with Gasteiger partial charge >= 0.3 is 0 Å². The average Bonchev–Trinajstić information content (AvgIpc) is 2.43. The van der Waals surface area contributed by atoms with Crippen LogP contribution in [0, 0.1) is 6.92 Å². The van der Waals surface area contributed by atoms with Crippen LogP contribution >= 0.6 is 0 Å². The Labute approximate surface area is 121 Å². The number of aromatic nitrogens is 2. The van der Waals surface area contributed by atoms with Crippen LogP contribution in [0.25, 0.3) is 0 Å². The lowest BCUT2D eigenvalue weighted by molar-refractivity contribution is 0.238. The molecule has 0 saturated heterocycles. The third-order valence-electron chi connectivity index (χ3n) is 3.72. The van der Waals surface area contributed by atoms with Crippen molar-refractivity contribution >= 4 is 0 Å². The van der Waals surface area contributed by atoms with Crippen LogP contribution in [0.5, 0.6) is 11.5 Å². The molecule has 2 aromatic rings. The van der Waals surface area contributed by atoms with E-state index < -0.39 is 0 Å². The molecule has 21 heavy (non-hydrogen) atoms. The molecule has 1 aliphatic heterocycles. The molecule has 0 amide bonds. The molecule has 110 valence electrons. The van der Waals surface area contributed by atoms with Crippen LogP contribution in [0.15, 0.2) is 23.0 Å². The zero-order chi connectivity index (χ0) is 15.0. The number of aromatic amines is 1. The Morgan fingerprint density at radius 1 is 1.38 bits per heavy atom. The molecule has 0 bridgehead atoms. The molecule has 0 spiro atoms. The summed E-state index contributed by atoms with van der Waals surface area (Å²) in [6, 6.07) is 4.46. The highest BCUT2D eigenvalue weighted by molar-refractivity contribution is 5.38. The summed E-state index contributed by atoms with van der Waals surface area (Å²) in [7, 11) is 0. The molecule has 0 fully saturated rings. The molecule has 0 unspecified atom stereocenters. The van der Waals surface area contributed by atoms with Crippen LogP contribution in [-0.4, -0.2) is 31.6 Å². The van der Waals surface area contributed by atoms with Gasteiger partial charge in [0.05, 0.1) is 11.3 Å². The standard InChI is InChI=1S/C15H17N3O3/c1-9-16-13-4-5-18(8-12(13)15(21)17-9)7-10-6-11(19)2-3-14(10)20/h2-3,6,19-20H,4-5,7-8H2,1H3,(H,16,17,21). The Hall–Kier alpha value is -2.34. The monoisotopic (exact) mass is 287 g/mol. The van der Waals surface area contributed by atoms with Crippen molar-refractivity contribution in [1.29, 1.82) is 0 Å². The third-order valence-corrected chi connectivity index (χ3v) is 3.72. The fourth-order valence-corrected chi connectivity index (χ4v) is 2.68. The van der Waals surface area contributed by atoms with Gasteiger partial charge in [-0.1, -0.05) is 0 Å². The van der Waals surface area contributed by atoms with Gasteiger partial charge in [0.1, 0.15) is 17.3 Å². The van der Waals surface area contributed by atoms with Gasteiger partial charge in [0.25, 0.3) is 5.56 Å². The maximum atomic E-state index is 12.0. The highest BCUT2D eigenvalue weighted by atomic mass is 16.3. The van der Waals surface area contributed by atoms with Crippen molar-refractivity contribution in [2.24, 2.45) is 0 Å². The van der Waals surface area contributed by atoms with Crippen molar-refractivity contribution in [2.75, 3.05) is 6.54 Å². The molecule has 3 N–H and O–H groups in total. The zero-order valence-electron chi connectivity index (χ0n) is 11.8. The van der Waals surface area contributed by atoms with Crippen molar-refractivity contribution in [1.82, 2.24) is 14.9 Å². The van der Waals surface area contributed by atoms with E-state index in [1.54, 1.807) is 13.0 Å². The molecule has 0 atom stereocenters. The first kappa shape index (κ1) is 13.6. The highest BCUT2D eigenvalue weighted by Gasteiger charge is 2.21. The van der Waals surface area contributed by atoms with E-state index in [-0.39, 0.29) is 17.1 Å². The summed E-state index contributed by atoms with van der Waals surface area (Å²) < 4.78 is 0. The summed E-state index contributed by atoms with van der Waals surface area (Å²) in [4.78, 5) is 21.1. The number of benzene rings is 1. The lowest BCUT2D eigenvalue weighted by Crippen LogP contribution is -2.35. The van der Waals surface area contributed by atoms with Crippen LogP contribution in [0.4, 0.5) is 0 Å². The number of aryl methyl sites for hydroxylation is 1. The molecule has 2 heterocycles. The molecule has 0 aliphatic carbocycles. The van der Waals surface area contributed by atoms with Crippen molar-refractivity contribution in [3.63, 3.8) is 0 Å². The number of nitrogens with zero attached hydrogens (tertiary/aromatic N) is 2. The Morgan fingerprint density at radius 2 is 2.19 bits per heavy atom. The number of hydrogen-bond acceptors (Lipinski definition) is 5. The molecular formula is C15H17N3O3. The van der Waals surface area contributed by atoms with E-state index >= 15 is 0 Å². The van der Waals surface area contributed by atoms with Crippen LogP contribution in [0.3, 0.4) is 0 Å². The largest absolute Gasteiger partial charge is 0.508 e. The summed E-state index contributed by atoms with van der Waals surface area (Å²) in [6.07, 6.45) is 0.708. The number of phenols is 2. The van der Waals surface area contributed by atoms with Crippen LogP contribution < -0.4 is 5.56 Å². The molecular weight excluding hydrogens is 270 g/mol. The Morgan fingerprint density at radius 3 is 3.00 bits per heavy atom. The first-order valence-corrected chi connectivity index (χ1v) is 6.85. The lowest BCUT2D eigenvalue weighted by Gasteiger charge is -2.27. The summed E-state index contributed by atoms with van der Waals surface area (Å²) in [5.74, 6) is 0.905. The second-order valence-corrected chi connectivity index (χ2v) is 5.35. The first-order valence-electron chi connectivity index (χ1n) is 6.85. The highest BCUT2D eigenvalue weighted by Crippen LogP contribution is 2.25. The fourth-order valence-electron chi connectivity index (χ4n) is 2.68. The number of hydrogen-bond donors (Lipinski definition) is 3. The molecule has 6 heteroatoms. The predicted octanol–water partition coefficient (Wildman–Crippen LogP) is 1.05. The van der Waals surface area contributed by atoms with Crippen LogP contribution in [-0.2, 0) is 19.5 Å². The van der Waals surface area contributed by atoms with Crippen molar-refractivity contribution in [3.8, 4) is 11.5 Å². The summed E-state index contributed by atoms with van der Waals surface area (Å²) in [6.45, 7) is 3.51. The van der Waals surface area contributed by atoms with Crippen molar-refractivity contribution in [2.45, 2.75) is 26.4 Å². The van der Waals surface area contributed by atoms with E-state index in [4.69, 9.17) is 0 Å². The molecule has 1 aromatic carbocycles. The van der Waals surface area contributed by atoms with E-state index in [0.29, 0.717) is 36.5 Å². The van der Waals surface area contributed by atoms with Crippen LogP contribution in [0.2, 0.25) is 0 Å². The van der Waals surface area contributed by atoms with Crippen molar-refractivity contribution < 1.29 is 10.2 Å². The quantitative estimate of drug-likeness (QED) is 0.718. The number of H-pyrrole nitrogens is 1. The Balaban J connectivity index is 1.83. The third kappa shape index (κ3) is 2.75. The van der Waals surface area contributed by atoms with E-state index in [1.807, 2.05) is 0 Å². The molecule has 0 radical (unpaired) electrons. The number of fused-ring (bicyclic) bond motifs is 1. The van der Waals surface area contributed by atoms with Gasteiger partial charge < -0.3 is 15.2 Å². The summed E-state index contributed by atoms with van der Waals surface area (Å²) in [5, 5.41) is 19.3. The number of rotatable bonds is 2. The maximum Gasteiger partial charge on any atom is 0.255 e. The van der Waals surface area contributed by atoms with Gasteiger partial charge in [-0.15, -0.1) is 0 Å². The SMILES string of the molecule is Cc1nc2c(c(=O)[nH]1)CN(Cc1cc(O)ccc1O)CC2. The molecule has 0 saturated carbocycles. The second-order valence-electron chi connectivity index (χ2n) is 5.35. The van der Waals surface area contributed by atoms with Gasteiger partial charge in [-0.25, -0.2) is 4.98 Å². The fraction of sp³-hybridized carbons (Fsp3) is 0.333. The minimum atomic E-state index is -0.0951. The van der Waals surface area contributed by atoms with Crippen molar-refractivity contribution in [3.05, 3.63) is 51.2 Å². The molecule has 6 nitrogen and oxygen atoms in total. The van der Waals surface area contributed by atoms with Crippen LogP contribution in [0.1, 0.15) is 22.6 Å². The smallest absolute Gasteiger partial charge is 0.255 e. The Bertz CT molecular complexity index is 739. The molecule has 1 aromatic heterocycles. The minimum absolute atomic E-state index is 0.0951. The number of nitrogens with one attached hydrogen (secondary N) is 1. The van der Waals surface area contributed by atoms with Gasteiger partial charge in [0.2, 0.25) is 0 Å². The second kappa shape index (κ2) is 5.21. The number of aromatic hydroxyl groups is 2. The van der Waals surface area contributed by atoms with E-state index in [2.05, 4.69) is 14.9 Å². The topological polar surface area (TPSA) is 89.5 Å². The van der Waals surface area contributed by atoms with Gasteiger partial charge in [-0.05, 0) is 25.1 Å². The van der Waals surface area contributed by atoms with E-state index in [9.17, 15) is 15.0 Å². The lowest BCUT2D eigenvalue weighted by atomic mass is 10.1. The number of phenolic OH excluding ortho intramolecular Hbond substituents is 2. The molecule has 3 rings (SSSR count). The summed E-state index contributed by atoms with van der Waals surface area (Å²) >= 11 is 0. The average molecular weight is 287 g/mol. The van der Waals surface area contributed by atoms with Gasteiger partial charge in [-0.3, -0.25) is 9.69 Å². The Kier molecular flexibility index (Phi) is 3.39. The zero-order valence-corrected chi connectivity index (χ0v) is 11.8. The molecule has 1 aliphatic rings. The minimum Gasteiger partial charge on any atom is -0.508 e. The predicted molar refractivity (Wildman–Crippen MR) is 77.2 cm³/mol. The summed E-state index contributed by atoms with van der Waals surface area (Å²) in [5.41, 5.74) is 2.09. The van der Waals surface area contributed by atoms with Gasteiger partial charge in [0, 0.05) is 31.6 Å². The van der Waals surface area contributed by atoms with Gasteiger partial charge in [0.15, 0.2) is 0 Å². The van der Waals surface area contributed by atoms with E-state index in [1.165, 1.54) is 12.1 Å². The van der Waals surface area contributed by atoms with Gasteiger partial charge in [-0.2, -0.15) is 0 Å². The van der Waals surface area contributed by atoms with E-state index in [0.717, 1.165) is 12.2 Å². The normalized spacial score (nSPS) is 14.9.